The Morgan fingerprint density at radius 3 is 1.43 bits per heavy atom. The van der Waals surface area contributed by atoms with E-state index in [1.165, 1.54) is 0 Å². The standard InChI is InChI=1S/2C5H10O2/c2*1-2-5-3-6-4-7-5/h2*5H,2-4H2,1H3. The normalized spacial score (nSPS) is 31.3. The fraction of sp³-hybridized carbons (Fsp3) is 1.00. The highest BCUT2D eigenvalue weighted by molar-refractivity contribution is 4.55. The Labute approximate surface area is 85.5 Å². The van der Waals surface area contributed by atoms with E-state index < -0.39 is 0 Å². The number of ether oxygens (including phenoxy) is 4. The molecule has 2 unspecified atom stereocenters. The Morgan fingerprint density at radius 2 is 1.29 bits per heavy atom. The molecule has 0 amide bonds. The Morgan fingerprint density at radius 1 is 0.857 bits per heavy atom. The maximum absolute atomic E-state index is 5.08. The van der Waals surface area contributed by atoms with Gasteiger partial charge in [0.25, 0.3) is 0 Å². The fourth-order valence-electron chi connectivity index (χ4n) is 1.22. The summed E-state index contributed by atoms with van der Waals surface area (Å²) in [6, 6.07) is 0. The lowest BCUT2D eigenvalue weighted by molar-refractivity contribution is 0.0458. The third-order valence-corrected chi connectivity index (χ3v) is 2.29. The minimum absolute atomic E-state index is 0.375. The number of hydrogen-bond acceptors (Lipinski definition) is 4. The SMILES string of the molecule is CCC1COCO1.CCC1COCO1. The Hall–Kier alpha value is -0.160. The highest BCUT2D eigenvalue weighted by Gasteiger charge is 2.12. The van der Waals surface area contributed by atoms with Crippen molar-refractivity contribution in [2.45, 2.75) is 38.9 Å². The number of hydrogen-bond donors (Lipinski definition) is 0. The molecule has 2 aliphatic heterocycles. The van der Waals surface area contributed by atoms with E-state index in [-0.39, 0.29) is 0 Å². The average molecular weight is 204 g/mol. The third kappa shape index (κ3) is 4.37. The van der Waals surface area contributed by atoms with E-state index >= 15 is 0 Å². The van der Waals surface area contributed by atoms with E-state index in [0.29, 0.717) is 25.8 Å². The molecule has 14 heavy (non-hydrogen) atoms. The molecule has 4 nitrogen and oxygen atoms in total. The smallest absolute Gasteiger partial charge is 0.147 e. The molecule has 84 valence electrons. The average Bonchev–Trinajstić information content (AvgIpc) is 2.92. The van der Waals surface area contributed by atoms with Crippen LogP contribution in [0.5, 0.6) is 0 Å². The van der Waals surface area contributed by atoms with Gasteiger partial charge in [-0.1, -0.05) is 13.8 Å². The maximum atomic E-state index is 5.08. The first-order valence-corrected chi connectivity index (χ1v) is 5.25. The van der Waals surface area contributed by atoms with Crippen LogP contribution >= 0.6 is 0 Å². The first-order chi connectivity index (χ1) is 6.86. The van der Waals surface area contributed by atoms with Gasteiger partial charge in [0.1, 0.15) is 13.6 Å². The molecule has 0 radical (unpaired) electrons. The molecule has 2 heterocycles. The molecule has 0 spiro atoms. The molecule has 2 atom stereocenters. The zero-order valence-electron chi connectivity index (χ0n) is 9.03. The summed E-state index contributed by atoms with van der Waals surface area (Å²) < 4.78 is 20.0. The molecule has 2 saturated heterocycles. The maximum Gasteiger partial charge on any atom is 0.147 e. The van der Waals surface area contributed by atoms with Crippen LogP contribution in [0.25, 0.3) is 0 Å². The lowest BCUT2D eigenvalue weighted by Gasteiger charge is -1.98. The van der Waals surface area contributed by atoms with Gasteiger partial charge in [-0.2, -0.15) is 0 Å². The van der Waals surface area contributed by atoms with Crippen LogP contribution in [0.1, 0.15) is 26.7 Å². The van der Waals surface area contributed by atoms with Crippen molar-refractivity contribution in [3.63, 3.8) is 0 Å². The first-order valence-electron chi connectivity index (χ1n) is 5.25. The molecule has 0 N–H and O–H groups in total. The van der Waals surface area contributed by atoms with Gasteiger partial charge in [-0.25, -0.2) is 0 Å². The Balaban J connectivity index is 0.000000140. The van der Waals surface area contributed by atoms with Crippen molar-refractivity contribution in [2.24, 2.45) is 0 Å². The van der Waals surface area contributed by atoms with Crippen molar-refractivity contribution < 1.29 is 18.9 Å². The second-order valence-electron chi connectivity index (χ2n) is 3.37. The van der Waals surface area contributed by atoms with Gasteiger partial charge >= 0.3 is 0 Å². The highest BCUT2D eigenvalue weighted by Crippen LogP contribution is 2.05. The molecule has 2 fully saturated rings. The van der Waals surface area contributed by atoms with Crippen LogP contribution in [-0.2, 0) is 18.9 Å². The van der Waals surface area contributed by atoms with E-state index in [1.54, 1.807) is 0 Å². The molecular weight excluding hydrogens is 184 g/mol. The predicted molar refractivity (Wildman–Crippen MR) is 52.0 cm³/mol. The summed E-state index contributed by atoms with van der Waals surface area (Å²) in [4.78, 5) is 0. The number of rotatable bonds is 2. The van der Waals surface area contributed by atoms with E-state index in [2.05, 4.69) is 13.8 Å². The molecule has 2 aliphatic rings. The molecule has 0 aromatic heterocycles. The monoisotopic (exact) mass is 204 g/mol. The molecule has 0 aromatic rings. The summed E-state index contributed by atoms with van der Waals surface area (Å²) in [5, 5.41) is 0. The molecule has 0 aliphatic carbocycles. The molecule has 4 heteroatoms. The quantitative estimate of drug-likeness (QED) is 0.683. The minimum atomic E-state index is 0.375. The summed E-state index contributed by atoms with van der Waals surface area (Å²) in [5.41, 5.74) is 0. The van der Waals surface area contributed by atoms with Crippen LogP contribution < -0.4 is 0 Å². The lowest BCUT2D eigenvalue weighted by atomic mass is 10.3. The summed E-state index contributed by atoms with van der Waals surface area (Å²) in [6.45, 7) is 6.77. The predicted octanol–water partition coefficient (Wildman–Crippen LogP) is 1.54. The van der Waals surface area contributed by atoms with Crippen LogP contribution in [0, 0.1) is 0 Å². The summed E-state index contributed by atoms with van der Waals surface area (Å²) in [5.74, 6) is 0. The van der Waals surface area contributed by atoms with E-state index in [1.807, 2.05) is 0 Å². The highest BCUT2D eigenvalue weighted by atomic mass is 16.7. The molecule has 0 bridgehead atoms. The Bertz CT molecular complexity index is 112. The second kappa shape index (κ2) is 7.17. The fourth-order valence-corrected chi connectivity index (χ4v) is 1.22. The molecule has 2 rings (SSSR count). The van der Waals surface area contributed by atoms with Crippen molar-refractivity contribution in [2.75, 3.05) is 26.8 Å². The van der Waals surface area contributed by atoms with Crippen molar-refractivity contribution in [3.05, 3.63) is 0 Å². The van der Waals surface area contributed by atoms with Crippen LogP contribution in [0.3, 0.4) is 0 Å². The lowest BCUT2D eigenvalue weighted by Crippen LogP contribution is -2.05. The van der Waals surface area contributed by atoms with Gasteiger partial charge in [-0.05, 0) is 12.8 Å². The van der Waals surface area contributed by atoms with Gasteiger partial charge in [0.15, 0.2) is 0 Å². The van der Waals surface area contributed by atoms with Gasteiger partial charge < -0.3 is 18.9 Å². The van der Waals surface area contributed by atoms with Gasteiger partial charge in [0.05, 0.1) is 25.4 Å². The molecule has 0 saturated carbocycles. The van der Waals surface area contributed by atoms with Crippen LogP contribution in [0.15, 0.2) is 0 Å². The minimum Gasteiger partial charge on any atom is -0.353 e. The van der Waals surface area contributed by atoms with Crippen LogP contribution in [-0.4, -0.2) is 39.0 Å². The zero-order valence-corrected chi connectivity index (χ0v) is 9.03. The van der Waals surface area contributed by atoms with E-state index in [0.717, 1.165) is 26.1 Å². The molecular formula is C10H20O4. The van der Waals surface area contributed by atoms with Crippen molar-refractivity contribution in [1.29, 1.82) is 0 Å². The van der Waals surface area contributed by atoms with Crippen molar-refractivity contribution in [3.8, 4) is 0 Å². The van der Waals surface area contributed by atoms with Crippen molar-refractivity contribution >= 4 is 0 Å². The summed E-state index contributed by atoms with van der Waals surface area (Å²) in [6.07, 6.45) is 2.89. The van der Waals surface area contributed by atoms with Crippen LogP contribution in [0.2, 0.25) is 0 Å². The largest absolute Gasteiger partial charge is 0.353 e. The summed E-state index contributed by atoms with van der Waals surface area (Å²) in [7, 11) is 0. The topological polar surface area (TPSA) is 36.9 Å². The first kappa shape index (κ1) is 11.9. The van der Waals surface area contributed by atoms with Gasteiger partial charge in [-0.15, -0.1) is 0 Å². The second-order valence-corrected chi connectivity index (χ2v) is 3.37. The van der Waals surface area contributed by atoms with Gasteiger partial charge in [0.2, 0.25) is 0 Å². The molecule has 0 aromatic carbocycles. The summed E-state index contributed by atoms with van der Waals surface area (Å²) >= 11 is 0. The van der Waals surface area contributed by atoms with Gasteiger partial charge in [0, 0.05) is 0 Å². The van der Waals surface area contributed by atoms with Crippen molar-refractivity contribution in [1.82, 2.24) is 0 Å². The Kier molecular flexibility index (Phi) is 6.10. The van der Waals surface area contributed by atoms with Gasteiger partial charge in [-0.3, -0.25) is 0 Å². The van der Waals surface area contributed by atoms with E-state index in [9.17, 15) is 0 Å². The van der Waals surface area contributed by atoms with E-state index in [4.69, 9.17) is 18.9 Å². The third-order valence-electron chi connectivity index (χ3n) is 2.29. The zero-order chi connectivity index (χ0) is 10.2. The van der Waals surface area contributed by atoms with Crippen LogP contribution in [0.4, 0.5) is 0 Å².